The van der Waals surface area contributed by atoms with Crippen LogP contribution in [0.25, 0.3) is 33.3 Å². The molecule has 0 aliphatic carbocycles. The second-order valence-corrected chi connectivity index (χ2v) is 7.58. The Balaban J connectivity index is 1.29. The van der Waals surface area contributed by atoms with Gasteiger partial charge in [-0.05, 0) is 35.9 Å². The summed E-state index contributed by atoms with van der Waals surface area (Å²) in [6, 6.07) is 24.2. The number of ether oxygens (including phenoxy) is 1. The minimum Gasteiger partial charge on any atom is -0.454 e. The lowest BCUT2D eigenvalue weighted by atomic mass is 10.1. The Morgan fingerprint density at radius 3 is 2.72 bits per heavy atom. The molecule has 32 heavy (non-hydrogen) atoms. The van der Waals surface area contributed by atoms with Crippen LogP contribution in [-0.4, -0.2) is 28.8 Å². The summed E-state index contributed by atoms with van der Waals surface area (Å²) in [4.78, 5) is 12.5. The molecule has 0 radical (unpaired) electrons. The zero-order valence-electron chi connectivity index (χ0n) is 17.2. The molecule has 0 saturated carbocycles. The van der Waals surface area contributed by atoms with E-state index in [4.69, 9.17) is 14.9 Å². The standard InChI is InChI=1S/C25H22N4O3/c26-20(15-31-14-16-6-2-1-3-7-16)25(30)27-18-10-11-21-19(13-18)24(29-28-21)23-12-17-8-4-5-9-22(17)32-23/h1-13,20H,14-15,26H2,(H,27,30)(H,28,29). The number of aromatic nitrogens is 2. The van der Waals surface area contributed by atoms with Crippen LogP contribution in [0.15, 0.2) is 83.3 Å². The maximum atomic E-state index is 12.5. The Morgan fingerprint density at radius 1 is 1.06 bits per heavy atom. The molecular formula is C25H22N4O3. The smallest absolute Gasteiger partial charge is 0.243 e. The number of nitrogens with zero attached hydrogens (tertiary/aromatic N) is 1. The highest BCUT2D eigenvalue weighted by Gasteiger charge is 2.17. The van der Waals surface area contributed by atoms with Gasteiger partial charge in [-0.3, -0.25) is 9.89 Å². The lowest BCUT2D eigenvalue weighted by molar-refractivity contribution is -0.118. The number of benzene rings is 3. The van der Waals surface area contributed by atoms with Crippen molar-refractivity contribution >= 4 is 33.5 Å². The third-order valence-corrected chi connectivity index (χ3v) is 5.24. The molecule has 2 aromatic heterocycles. The van der Waals surface area contributed by atoms with Crippen LogP contribution in [0.1, 0.15) is 5.56 Å². The summed E-state index contributed by atoms with van der Waals surface area (Å²) >= 11 is 0. The molecule has 0 spiro atoms. The summed E-state index contributed by atoms with van der Waals surface area (Å²) in [5, 5.41) is 12.1. The molecule has 5 aromatic rings. The number of H-pyrrole nitrogens is 1. The second kappa shape index (κ2) is 8.66. The fourth-order valence-electron chi connectivity index (χ4n) is 3.57. The molecule has 0 bridgehead atoms. The van der Waals surface area contributed by atoms with E-state index in [0.29, 0.717) is 23.7 Å². The van der Waals surface area contributed by atoms with Crippen LogP contribution < -0.4 is 11.1 Å². The maximum absolute atomic E-state index is 12.5. The number of hydrogen-bond donors (Lipinski definition) is 3. The van der Waals surface area contributed by atoms with Crippen LogP contribution in [0.2, 0.25) is 0 Å². The summed E-state index contributed by atoms with van der Waals surface area (Å²) in [5.74, 6) is 0.345. The molecule has 0 saturated heterocycles. The first-order valence-electron chi connectivity index (χ1n) is 10.3. The summed E-state index contributed by atoms with van der Waals surface area (Å²) in [5.41, 5.74) is 9.99. The lowest BCUT2D eigenvalue weighted by Crippen LogP contribution is -2.39. The first kappa shape index (κ1) is 20.0. The Hall–Kier alpha value is -3.94. The SMILES string of the molecule is NC(COCc1ccccc1)C(=O)Nc1ccc2[nH]nc(-c3cc4ccccc4o3)c2c1. The highest BCUT2D eigenvalue weighted by Crippen LogP contribution is 2.32. The quantitative estimate of drug-likeness (QED) is 0.356. The van der Waals surface area contributed by atoms with E-state index in [1.807, 2.05) is 72.8 Å². The van der Waals surface area contributed by atoms with E-state index < -0.39 is 6.04 Å². The first-order chi connectivity index (χ1) is 15.7. The molecule has 3 aromatic carbocycles. The summed E-state index contributed by atoms with van der Waals surface area (Å²) in [7, 11) is 0. The Labute approximate surface area is 184 Å². The number of aromatic amines is 1. The van der Waals surface area contributed by atoms with Crippen molar-refractivity contribution in [1.29, 1.82) is 0 Å². The largest absolute Gasteiger partial charge is 0.454 e. The van der Waals surface area contributed by atoms with E-state index in [-0.39, 0.29) is 12.5 Å². The average molecular weight is 426 g/mol. The predicted molar refractivity (Wildman–Crippen MR) is 124 cm³/mol. The first-order valence-corrected chi connectivity index (χ1v) is 10.3. The van der Waals surface area contributed by atoms with Crippen LogP contribution in [0.4, 0.5) is 5.69 Å². The van der Waals surface area contributed by atoms with E-state index in [0.717, 1.165) is 27.4 Å². The van der Waals surface area contributed by atoms with E-state index in [2.05, 4.69) is 15.5 Å². The van der Waals surface area contributed by atoms with Crippen LogP contribution >= 0.6 is 0 Å². The minimum absolute atomic E-state index is 0.124. The molecule has 1 atom stereocenters. The molecule has 0 fully saturated rings. The molecular weight excluding hydrogens is 404 g/mol. The van der Waals surface area contributed by atoms with Gasteiger partial charge in [0.05, 0.1) is 18.7 Å². The summed E-state index contributed by atoms with van der Waals surface area (Å²) in [6.45, 7) is 0.530. The molecule has 1 unspecified atom stereocenters. The monoisotopic (exact) mass is 426 g/mol. The Bertz CT molecular complexity index is 1340. The number of carbonyl (C=O) groups excluding carboxylic acids is 1. The van der Waals surface area contributed by atoms with Crippen molar-refractivity contribution in [2.24, 2.45) is 5.73 Å². The number of amides is 1. The zero-order chi connectivity index (χ0) is 21.9. The molecule has 2 heterocycles. The number of rotatable bonds is 7. The third-order valence-electron chi connectivity index (χ3n) is 5.24. The highest BCUT2D eigenvalue weighted by atomic mass is 16.5. The van der Waals surface area contributed by atoms with Crippen LogP contribution in [0.5, 0.6) is 0 Å². The number of nitrogens with two attached hydrogens (primary N) is 1. The van der Waals surface area contributed by atoms with Gasteiger partial charge in [0.1, 0.15) is 17.3 Å². The Kier molecular flexibility index (Phi) is 5.41. The van der Waals surface area contributed by atoms with Crippen LogP contribution in [0, 0.1) is 0 Å². The summed E-state index contributed by atoms with van der Waals surface area (Å²) < 4.78 is 11.5. The van der Waals surface area contributed by atoms with Gasteiger partial charge in [0.15, 0.2) is 5.76 Å². The second-order valence-electron chi connectivity index (χ2n) is 7.58. The van der Waals surface area contributed by atoms with Crippen molar-refractivity contribution in [1.82, 2.24) is 10.2 Å². The number of carbonyl (C=O) groups is 1. The van der Waals surface area contributed by atoms with Crippen molar-refractivity contribution in [3.05, 3.63) is 84.4 Å². The number of hydrogen-bond acceptors (Lipinski definition) is 5. The van der Waals surface area contributed by atoms with Gasteiger partial charge in [-0.15, -0.1) is 0 Å². The van der Waals surface area contributed by atoms with Gasteiger partial charge >= 0.3 is 0 Å². The number of para-hydroxylation sites is 1. The molecule has 1 amide bonds. The van der Waals surface area contributed by atoms with Crippen LogP contribution in [0.3, 0.4) is 0 Å². The van der Waals surface area contributed by atoms with Crippen LogP contribution in [-0.2, 0) is 16.1 Å². The lowest BCUT2D eigenvalue weighted by Gasteiger charge is -2.13. The van der Waals surface area contributed by atoms with E-state index >= 15 is 0 Å². The highest BCUT2D eigenvalue weighted by molar-refractivity contribution is 6.00. The van der Waals surface area contributed by atoms with Crippen molar-refractivity contribution in [2.75, 3.05) is 11.9 Å². The number of nitrogens with one attached hydrogen (secondary N) is 2. The van der Waals surface area contributed by atoms with Gasteiger partial charge in [-0.1, -0.05) is 48.5 Å². The van der Waals surface area contributed by atoms with E-state index in [9.17, 15) is 4.79 Å². The average Bonchev–Trinajstić information content (AvgIpc) is 3.43. The number of anilines is 1. The summed E-state index contributed by atoms with van der Waals surface area (Å²) in [6.07, 6.45) is 0. The van der Waals surface area contributed by atoms with Gasteiger partial charge in [-0.25, -0.2) is 0 Å². The molecule has 5 rings (SSSR count). The topological polar surface area (TPSA) is 106 Å². The third kappa shape index (κ3) is 4.12. The van der Waals surface area contributed by atoms with E-state index in [1.54, 1.807) is 6.07 Å². The van der Waals surface area contributed by atoms with Crippen molar-refractivity contribution < 1.29 is 13.9 Å². The number of fused-ring (bicyclic) bond motifs is 2. The van der Waals surface area contributed by atoms with Crippen molar-refractivity contribution in [2.45, 2.75) is 12.6 Å². The van der Waals surface area contributed by atoms with Gasteiger partial charge in [-0.2, -0.15) is 5.10 Å². The Morgan fingerprint density at radius 2 is 1.88 bits per heavy atom. The molecule has 160 valence electrons. The molecule has 7 heteroatoms. The van der Waals surface area contributed by atoms with Gasteiger partial charge < -0.3 is 20.2 Å². The fraction of sp³-hybridized carbons (Fsp3) is 0.120. The molecule has 4 N–H and O–H groups in total. The van der Waals surface area contributed by atoms with Crippen molar-refractivity contribution in [3.63, 3.8) is 0 Å². The normalized spacial score (nSPS) is 12.3. The number of furan rings is 1. The van der Waals surface area contributed by atoms with Gasteiger partial charge in [0.2, 0.25) is 5.91 Å². The van der Waals surface area contributed by atoms with Gasteiger partial charge in [0.25, 0.3) is 0 Å². The molecule has 7 nitrogen and oxygen atoms in total. The van der Waals surface area contributed by atoms with Crippen molar-refractivity contribution in [3.8, 4) is 11.5 Å². The fourth-order valence-corrected chi connectivity index (χ4v) is 3.57. The zero-order valence-corrected chi connectivity index (χ0v) is 17.2. The maximum Gasteiger partial charge on any atom is 0.243 e. The van der Waals surface area contributed by atoms with E-state index in [1.165, 1.54) is 0 Å². The van der Waals surface area contributed by atoms with Gasteiger partial charge in [0, 0.05) is 16.5 Å². The predicted octanol–water partition coefficient (Wildman–Crippen LogP) is 4.46. The minimum atomic E-state index is -0.784. The molecule has 0 aliphatic heterocycles. The molecule has 0 aliphatic rings.